The van der Waals surface area contributed by atoms with Gasteiger partial charge >= 0.3 is 6.18 Å². The van der Waals surface area contributed by atoms with Crippen LogP contribution in [-0.4, -0.2) is 9.78 Å². The lowest BCUT2D eigenvalue weighted by molar-refractivity contribution is -0.142. The molecule has 0 radical (unpaired) electrons. The molecule has 2 aliphatic rings. The monoisotopic (exact) mass is 294 g/mol. The van der Waals surface area contributed by atoms with E-state index in [1.54, 1.807) is 0 Å². The minimum absolute atomic E-state index is 0.00723. The lowest BCUT2D eigenvalue weighted by atomic mass is 10.1. The summed E-state index contributed by atoms with van der Waals surface area (Å²) in [6.07, 6.45) is -3.83. The third-order valence-electron chi connectivity index (χ3n) is 4.38. The number of rotatable bonds is 3. The number of nitrogens with zero attached hydrogens (tertiary/aromatic N) is 2. The van der Waals surface area contributed by atoms with Gasteiger partial charge in [0, 0.05) is 18.0 Å². The van der Waals surface area contributed by atoms with Crippen molar-refractivity contribution in [3.63, 3.8) is 0 Å². The quantitative estimate of drug-likeness (QED) is 0.765. The number of halogens is 5. The maximum atomic E-state index is 14.2. The highest BCUT2D eigenvalue weighted by molar-refractivity contribution is 5.46. The van der Waals surface area contributed by atoms with Crippen LogP contribution in [0.2, 0.25) is 0 Å². The molecule has 0 aliphatic heterocycles. The zero-order valence-corrected chi connectivity index (χ0v) is 11.1. The SMILES string of the molecule is CCC(C)Cn1nc(C(F)(F)F)c2c1C(F)(F)[C@H]1C[C@@H]21. The van der Waals surface area contributed by atoms with Crippen LogP contribution in [-0.2, 0) is 18.6 Å². The molecule has 0 amide bonds. The summed E-state index contributed by atoms with van der Waals surface area (Å²) >= 11 is 0. The summed E-state index contributed by atoms with van der Waals surface area (Å²) in [4.78, 5) is 0. The molecule has 20 heavy (non-hydrogen) atoms. The van der Waals surface area contributed by atoms with E-state index in [0.717, 1.165) is 4.68 Å². The van der Waals surface area contributed by atoms with Gasteiger partial charge in [0.25, 0.3) is 5.92 Å². The minimum atomic E-state index is -4.67. The molecule has 1 unspecified atom stereocenters. The van der Waals surface area contributed by atoms with Gasteiger partial charge in [0.1, 0.15) is 5.69 Å². The van der Waals surface area contributed by atoms with Crippen molar-refractivity contribution in [3.8, 4) is 0 Å². The van der Waals surface area contributed by atoms with Gasteiger partial charge in [0.15, 0.2) is 5.69 Å². The summed E-state index contributed by atoms with van der Waals surface area (Å²) in [6.45, 7) is 3.79. The van der Waals surface area contributed by atoms with Crippen LogP contribution in [0.4, 0.5) is 22.0 Å². The lowest BCUT2D eigenvalue weighted by Crippen LogP contribution is -2.22. The normalized spacial score (nSPS) is 28.1. The molecule has 1 saturated carbocycles. The van der Waals surface area contributed by atoms with Crippen LogP contribution in [0.1, 0.15) is 49.6 Å². The van der Waals surface area contributed by atoms with Crippen LogP contribution in [0.3, 0.4) is 0 Å². The van der Waals surface area contributed by atoms with E-state index in [-0.39, 0.29) is 24.4 Å². The molecule has 0 saturated heterocycles. The van der Waals surface area contributed by atoms with E-state index in [1.807, 2.05) is 13.8 Å². The number of aromatic nitrogens is 2. The molecular weight excluding hydrogens is 279 g/mol. The van der Waals surface area contributed by atoms with E-state index in [4.69, 9.17) is 0 Å². The van der Waals surface area contributed by atoms with Gasteiger partial charge in [-0.2, -0.15) is 27.1 Å². The summed E-state index contributed by atoms with van der Waals surface area (Å²) < 4.78 is 68.2. The first-order valence-electron chi connectivity index (χ1n) is 6.74. The van der Waals surface area contributed by atoms with Crippen molar-refractivity contribution in [2.24, 2.45) is 11.8 Å². The van der Waals surface area contributed by atoms with Crippen LogP contribution >= 0.6 is 0 Å². The highest BCUT2D eigenvalue weighted by atomic mass is 19.4. The van der Waals surface area contributed by atoms with Gasteiger partial charge in [-0.25, -0.2) is 0 Å². The zero-order valence-electron chi connectivity index (χ0n) is 11.1. The first-order chi connectivity index (χ1) is 9.17. The summed E-state index contributed by atoms with van der Waals surface area (Å²) in [5.74, 6) is -4.79. The Hall–Kier alpha value is -1.14. The maximum Gasteiger partial charge on any atom is 0.435 e. The van der Waals surface area contributed by atoms with Crippen molar-refractivity contribution < 1.29 is 22.0 Å². The minimum Gasteiger partial charge on any atom is -0.262 e. The predicted octanol–water partition coefficient (Wildman–Crippen LogP) is 4.16. The molecule has 7 heteroatoms. The van der Waals surface area contributed by atoms with Crippen LogP contribution in [0.15, 0.2) is 0 Å². The van der Waals surface area contributed by atoms with Crippen LogP contribution in [0.5, 0.6) is 0 Å². The number of fused-ring (bicyclic) bond motifs is 3. The Morgan fingerprint density at radius 2 is 2.05 bits per heavy atom. The maximum absolute atomic E-state index is 14.2. The second kappa shape index (κ2) is 3.95. The van der Waals surface area contributed by atoms with E-state index in [0.29, 0.717) is 6.42 Å². The molecular formula is C13H15F5N2. The Morgan fingerprint density at radius 3 is 2.60 bits per heavy atom. The molecule has 0 spiro atoms. The average molecular weight is 294 g/mol. The van der Waals surface area contributed by atoms with Gasteiger partial charge in [0.2, 0.25) is 0 Å². The van der Waals surface area contributed by atoms with Crippen molar-refractivity contribution in [1.82, 2.24) is 9.78 Å². The fourth-order valence-corrected chi connectivity index (χ4v) is 3.03. The molecule has 0 N–H and O–H groups in total. The first kappa shape index (κ1) is 13.8. The van der Waals surface area contributed by atoms with Crippen LogP contribution < -0.4 is 0 Å². The summed E-state index contributed by atoms with van der Waals surface area (Å²) in [5, 5.41) is 3.48. The molecule has 3 rings (SSSR count). The second-order valence-corrected chi connectivity index (χ2v) is 5.88. The first-order valence-corrected chi connectivity index (χ1v) is 6.74. The van der Waals surface area contributed by atoms with Gasteiger partial charge in [-0.1, -0.05) is 20.3 Å². The Bertz CT molecular complexity index is 546. The topological polar surface area (TPSA) is 17.8 Å². The smallest absolute Gasteiger partial charge is 0.262 e. The van der Waals surface area contributed by atoms with Crippen molar-refractivity contribution in [2.75, 3.05) is 0 Å². The summed E-state index contributed by atoms with van der Waals surface area (Å²) in [6, 6.07) is 0. The standard InChI is InChI=1S/C13H15F5N2/c1-3-6(2)5-20-11-9(10(19-20)13(16,17)18)7-4-8(7)12(11,14)15/h6-8H,3-5H2,1-2H3/t6?,7-,8+/m1/s1. The second-order valence-electron chi connectivity index (χ2n) is 5.88. The molecule has 2 nitrogen and oxygen atoms in total. The van der Waals surface area contributed by atoms with Crippen molar-refractivity contribution in [2.45, 2.75) is 51.3 Å². The molecule has 0 bridgehead atoms. The van der Waals surface area contributed by atoms with E-state index in [1.165, 1.54) is 0 Å². The van der Waals surface area contributed by atoms with E-state index < -0.39 is 35.3 Å². The molecule has 1 heterocycles. The highest BCUT2D eigenvalue weighted by Crippen LogP contribution is 2.68. The van der Waals surface area contributed by atoms with Gasteiger partial charge in [-0.3, -0.25) is 4.68 Å². The molecule has 1 fully saturated rings. The molecule has 1 aromatic heterocycles. The highest BCUT2D eigenvalue weighted by Gasteiger charge is 2.68. The van der Waals surface area contributed by atoms with Crippen molar-refractivity contribution >= 4 is 0 Å². The largest absolute Gasteiger partial charge is 0.435 e. The third-order valence-corrected chi connectivity index (χ3v) is 4.38. The Balaban J connectivity index is 2.11. The number of alkyl halides is 5. The molecule has 112 valence electrons. The van der Waals surface area contributed by atoms with Gasteiger partial charge in [-0.05, 0) is 18.3 Å². The summed E-state index contributed by atoms with van der Waals surface area (Å²) in [7, 11) is 0. The molecule has 3 atom stereocenters. The Labute approximate surface area is 113 Å². The fourth-order valence-electron chi connectivity index (χ4n) is 3.03. The predicted molar refractivity (Wildman–Crippen MR) is 61.4 cm³/mol. The summed E-state index contributed by atoms with van der Waals surface area (Å²) in [5.41, 5.74) is -1.86. The Morgan fingerprint density at radius 1 is 1.40 bits per heavy atom. The molecule has 2 aliphatic carbocycles. The lowest BCUT2D eigenvalue weighted by Gasteiger charge is -2.17. The fraction of sp³-hybridized carbons (Fsp3) is 0.769. The number of hydrogen-bond acceptors (Lipinski definition) is 1. The third kappa shape index (κ3) is 1.78. The van der Waals surface area contributed by atoms with E-state index in [2.05, 4.69) is 5.10 Å². The van der Waals surface area contributed by atoms with Crippen molar-refractivity contribution in [3.05, 3.63) is 17.0 Å². The van der Waals surface area contributed by atoms with Crippen LogP contribution in [0, 0.1) is 11.8 Å². The van der Waals surface area contributed by atoms with Gasteiger partial charge < -0.3 is 0 Å². The van der Waals surface area contributed by atoms with Gasteiger partial charge in [0.05, 0.1) is 0 Å². The average Bonchev–Trinajstić information content (AvgIpc) is 2.98. The van der Waals surface area contributed by atoms with Crippen molar-refractivity contribution in [1.29, 1.82) is 0 Å². The van der Waals surface area contributed by atoms with Crippen LogP contribution in [0.25, 0.3) is 0 Å². The van der Waals surface area contributed by atoms with Gasteiger partial charge in [-0.15, -0.1) is 0 Å². The molecule has 1 aromatic rings. The Kier molecular flexibility index (Phi) is 2.73. The van der Waals surface area contributed by atoms with E-state index in [9.17, 15) is 22.0 Å². The molecule has 0 aromatic carbocycles. The van der Waals surface area contributed by atoms with E-state index >= 15 is 0 Å². The number of hydrogen-bond donors (Lipinski definition) is 0. The zero-order chi connectivity index (χ0) is 14.9.